The van der Waals surface area contributed by atoms with E-state index in [9.17, 15) is 43.2 Å². The van der Waals surface area contributed by atoms with Gasteiger partial charge in [0.25, 0.3) is 0 Å². The quantitative estimate of drug-likeness (QED) is 0.110. The fraction of sp³-hybridized carbons (Fsp3) is 0.661. The lowest BCUT2D eigenvalue weighted by Crippen LogP contribution is -2.50. The first-order valence-electron chi connectivity index (χ1n) is 49.6. The third kappa shape index (κ3) is 25.9. The van der Waals surface area contributed by atoms with Crippen molar-refractivity contribution in [1.82, 2.24) is 44.6 Å². The van der Waals surface area contributed by atoms with Crippen molar-refractivity contribution >= 4 is 98.8 Å². The number of fused-ring (bicyclic) bond motifs is 15. The van der Waals surface area contributed by atoms with E-state index in [0.29, 0.717) is 86.2 Å². The van der Waals surface area contributed by atoms with Gasteiger partial charge in [-0.1, -0.05) is 116 Å². The van der Waals surface area contributed by atoms with Gasteiger partial charge in [-0.15, -0.1) is 0 Å². The molecule has 6 aromatic rings. The van der Waals surface area contributed by atoms with E-state index in [4.69, 9.17) is 86.7 Å². The highest BCUT2D eigenvalue weighted by Crippen LogP contribution is 2.54. The molecule has 3 aromatic carbocycles. The van der Waals surface area contributed by atoms with Gasteiger partial charge in [-0.25, -0.2) is 44.3 Å². The first-order valence-corrected chi connectivity index (χ1v) is 49.6. The standard InChI is InChI=1S/C36H51N3O7.2C36H49N3O7.CH4/c3*1-21-28-20-39(30(21)33(42)46-35(5,6)7)32(41)24(34(2,3)4)18-29(40)45-36(8)19-22(36)13-11-10-12-14-26-31(44-28)38-27-17-23(43-9)15-16-25(27)37-26;/h15-17,21-22,24,28,30H,10-14,18-20H2,1-9H3;2*12,14-17,21-22,24,28,30H,10-11,13,18-20H2,1-9H3;1H4/b;2*14-12+;/t21-,22-,24-,28+,30+,36-;21-,22+,24-,28+,30+,36+;21-,22-,24-,28+,30+,36-;/m111./s1. The topological polar surface area (TPSA) is 351 Å². The molecular weight excluding hydrogens is 1770 g/mol. The van der Waals surface area contributed by atoms with Crippen LogP contribution in [0.25, 0.3) is 45.3 Å². The van der Waals surface area contributed by atoms with E-state index < -0.39 is 140 Å². The molecule has 15 rings (SSSR count). The fourth-order valence-electron chi connectivity index (χ4n) is 20.1. The molecule has 6 bridgehead atoms. The van der Waals surface area contributed by atoms with Crippen LogP contribution in [0.3, 0.4) is 0 Å². The van der Waals surface area contributed by atoms with Gasteiger partial charge in [0.1, 0.15) is 104 Å². The number of methoxy groups -OCH3 is 3. The predicted molar refractivity (Wildman–Crippen MR) is 528 cm³/mol. The van der Waals surface area contributed by atoms with Crippen molar-refractivity contribution < 1.29 is 100.0 Å². The zero-order valence-electron chi connectivity index (χ0n) is 86.4. The summed E-state index contributed by atoms with van der Waals surface area (Å²) >= 11 is 0. The summed E-state index contributed by atoms with van der Waals surface area (Å²) in [5, 5.41) is 0. The minimum absolute atomic E-state index is 0. The maximum absolute atomic E-state index is 14.5. The maximum Gasteiger partial charge on any atom is 0.329 e. The Morgan fingerprint density at radius 1 is 0.381 bits per heavy atom. The van der Waals surface area contributed by atoms with E-state index in [-0.39, 0.29) is 93.8 Å². The number of hydrogen-bond acceptors (Lipinski definition) is 27. The SMILES string of the molecule is C.COc1ccc2nc3c(nc2c1)O[C@H]1CN(C(=O)[C@H](C(C)(C)C)CC(=O)O[C@@]2(C)C[C@@H]2CCC/C=C/3)[C@H](C(=O)OC(C)(C)C)[C@@H]1C.COc1ccc2nc3c(nc2c1)O[C@H]1CN(C(=O)[C@H](C(C)(C)C)CC(=O)O[C@]2(C)C[C@H]2CCC/C=C/3)[C@H](C(=O)OC(C)(C)C)[C@@H]1C.COc1ccc2nc3c(nc2c1)O[C@H]1CN(C(=O)[C@H](C(C)(C)C)CC(=O)O[C@]2(C)C[C@H]2CCCCC3)[C@H](C(=O)OC(C)(C)C)[C@@H]1C. The second-order valence-electron chi connectivity index (χ2n) is 46.5. The van der Waals surface area contributed by atoms with Crippen LogP contribution in [-0.4, -0.2) is 209 Å². The smallest absolute Gasteiger partial charge is 0.329 e. The van der Waals surface area contributed by atoms with E-state index in [0.717, 1.165) is 94.7 Å². The van der Waals surface area contributed by atoms with Crippen molar-refractivity contribution in [3.05, 3.63) is 83.8 Å². The first kappa shape index (κ1) is 107. The van der Waals surface area contributed by atoms with Gasteiger partial charge in [-0.05, 0) is 225 Å². The Balaban J connectivity index is 0.000000186. The Hall–Kier alpha value is -10.8. The molecule has 6 aliphatic heterocycles. The van der Waals surface area contributed by atoms with Gasteiger partial charge < -0.3 is 71.5 Å². The summed E-state index contributed by atoms with van der Waals surface area (Å²) in [4.78, 5) is 159. The van der Waals surface area contributed by atoms with Crippen LogP contribution in [-0.2, 0) is 78.0 Å². The van der Waals surface area contributed by atoms with Crippen LogP contribution in [0.4, 0.5) is 0 Å². The van der Waals surface area contributed by atoms with E-state index >= 15 is 0 Å². The largest absolute Gasteiger partial charge is 0.497 e. The van der Waals surface area contributed by atoms with Gasteiger partial charge in [0.2, 0.25) is 35.4 Å². The number of allylic oxidation sites excluding steroid dienone is 2. The summed E-state index contributed by atoms with van der Waals surface area (Å²) in [5.74, 6) is -3.16. The average molecular weight is 1930 g/mol. The highest BCUT2D eigenvalue weighted by atomic mass is 16.6. The molecule has 139 heavy (non-hydrogen) atoms. The number of hydrogen-bond donors (Lipinski definition) is 0. The summed E-state index contributed by atoms with van der Waals surface area (Å²) in [6.07, 6.45) is 18.3. The van der Waals surface area contributed by atoms with Crippen molar-refractivity contribution in [3.8, 4) is 34.9 Å². The molecule has 6 fully saturated rings. The normalized spacial score (nSPS) is 29.5. The molecule has 3 saturated heterocycles. The van der Waals surface area contributed by atoms with E-state index in [1.54, 1.807) is 89.7 Å². The number of aromatic nitrogens is 6. The minimum Gasteiger partial charge on any atom is -0.497 e. The molecule has 30 nitrogen and oxygen atoms in total. The highest BCUT2D eigenvalue weighted by molar-refractivity contribution is 5.93. The molecule has 30 heteroatoms. The average Bonchev–Trinajstić information content (AvgIpc) is 1.64. The highest BCUT2D eigenvalue weighted by Gasteiger charge is 2.60. The third-order valence-electron chi connectivity index (χ3n) is 28.7. The maximum atomic E-state index is 14.5. The van der Waals surface area contributed by atoms with E-state index in [2.05, 4.69) is 12.2 Å². The number of carbonyl (C=O) groups is 9. The monoisotopic (exact) mass is 1920 g/mol. The Bertz CT molecular complexity index is 5370. The van der Waals surface area contributed by atoms with Crippen LogP contribution >= 0.6 is 0 Å². The lowest BCUT2D eigenvalue weighted by Gasteiger charge is -2.35. The summed E-state index contributed by atoms with van der Waals surface area (Å²) < 4.78 is 71.7. The Morgan fingerprint density at radius 2 is 0.676 bits per heavy atom. The molecule has 0 radical (unpaired) electrons. The van der Waals surface area contributed by atoms with Crippen molar-refractivity contribution in [3.63, 3.8) is 0 Å². The first-order chi connectivity index (χ1) is 64.5. The molecule has 18 atom stereocenters. The summed E-state index contributed by atoms with van der Waals surface area (Å²) in [6.45, 7) is 45.7. The van der Waals surface area contributed by atoms with Gasteiger partial charge in [0, 0.05) is 53.7 Å². The lowest BCUT2D eigenvalue weighted by atomic mass is 9.77. The van der Waals surface area contributed by atoms with Gasteiger partial charge >= 0.3 is 35.8 Å². The van der Waals surface area contributed by atoms with E-state index in [1.807, 2.05) is 179 Å². The van der Waals surface area contributed by atoms with Crippen molar-refractivity contribution in [2.75, 3.05) is 41.0 Å². The molecule has 9 heterocycles. The molecule has 760 valence electrons. The number of nitrogens with zero attached hydrogens (tertiary/aromatic N) is 9. The van der Waals surface area contributed by atoms with Gasteiger partial charge in [-0.3, -0.25) is 28.8 Å². The Morgan fingerprint density at radius 3 is 0.978 bits per heavy atom. The summed E-state index contributed by atoms with van der Waals surface area (Å²) in [6, 6.07) is 13.9. The molecule has 9 aliphatic rings. The van der Waals surface area contributed by atoms with Crippen molar-refractivity contribution in [2.45, 2.75) is 353 Å². The van der Waals surface area contributed by atoms with Gasteiger partial charge in [0.15, 0.2) is 0 Å². The number of carbonyl (C=O) groups excluding carboxylic acids is 9. The minimum atomic E-state index is -0.919. The number of aryl methyl sites for hydroxylation is 1. The van der Waals surface area contributed by atoms with Gasteiger partial charge in [0.05, 0.1) is 111 Å². The van der Waals surface area contributed by atoms with Crippen LogP contribution in [0.1, 0.15) is 293 Å². The zero-order valence-corrected chi connectivity index (χ0v) is 86.4. The van der Waals surface area contributed by atoms with Crippen LogP contribution in [0.2, 0.25) is 0 Å². The third-order valence-corrected chi connectivity index (χ3v) is 28.7. The molecule has 0 spiro atoms. The van der Waals surface area contributed by atoms with Crippen molar-refractivity contribution in [1.29, 1.82) is 0 Å². The number of rotatable bonds is 6. The van der Waals surface area contributed by atoms with Crippen molar-refractivity contribution in [2.24, 2.45) is 69.5 Å². The number of amides is 3. The molecule has 3 saturated carbocycles. The fourth-order valence-corrected chi connectivity index (χ4v) is 20.1. The van der Waals surface area contributed by atoms with Gasteiger partial charge in [-0.2, -0.15) is 0 Å². The second-order valence-corrected chi connectivity index (χ2v) is 46.5. The number of benzene rings is 3. The van der Waals surface area contributed by atoms with Crippen LogP contribution < -0.4 is 28.4 Å². The predicted octanol–water partition coefficient (Wildman–Crippen LogP) is 19.0. The Kier molecular flexibility index (Phi) is 32.2. The molecule has 3 aromatic heterocycles. The second kappa shape index (κ2) is 41.8. The molecule has 3 aliphatic carbocycles. The Labute approximate surface area is 821 Å². The zero-order chi connectivity index (χ0) is 101. The number of esters is 6. The summed E-state index contributed by atoms with van der Waals surface area (Å²) in [5.41, 5.74) is 0.345. The molecule has 3 amide bonds. The van der Waals surface area contributed by atoms with E-state index in [1.165, 1.54) is 0 Å². The molecule has 0 N–H and O–H groups in total. The summed E-state index contributed by atoms with van der Waals surface area (Å²) in [7, 11) is 4.80. The lowest BCUT2D eigenvalue weighted by molar-refractivity contribution is -0.167. The number of ether oxygens (including phenoxy) is 12. The van der Waals surface area contributed by atoms with Crippen LogP contribution in [0.15, 0.2) is 66.7 Å². The molecule has 0 unspecified atom stereocenters. The van der Waals surface area contributed by atoms with Crippen LogP contribution in [0.5, 0.6) is 34.9 Å². The molecular formula is C109H153N9O21. The van der Waals surface area contributed by atoms with Crippen LogP contribution in [0, 0.1) is 69.5 Å².